The van der Waals surface area contributed by atoms with Crippen molar-refractivity contribution in [2.45, 2.75) is 13.0 Å². The van der Waals surface area contributed by atoms with Gasteiger partial charge in [0.25, 0.3) is 5.91 Å². The summed E-state index contributed by atoms with van der Waals surface area (Å²) >= 11 is 1.51. The predicted octanol–water partition coefficient (Wildman–Crippen LogP) is 2.07. The Labute approximate surface area is 185 Å². The number of ether oxygens (including phenoxy) is 2. The molecule has 3 aromatic rings. The SMILES string of the molecule is COc1ccc2sc(N(CCCN3CCOCC3)C(=O)Cn3cncn3)nc2c1.Cl. The molecule has 3 heterocycles. The maximum absolute atomic E-state index is 13.0. The summed E-state index contributed by atoms with van der Waals surface area (Å²) in [6, 6.07) is 5.77. The smallest absolute Gasteiger partial charge is 0.250 e. The molecule has 2 aromatic heterocycles. The van der Waals surface area contributed by atoms with E-state index in [9.17, 15) is 4.79 Å². The third-order valence-electron chi connectivity index (χ3n) is 4.84. The number of amides is 1. The zero-order valence-corrected chi connectivity index (χ0v) is 18.4. The van der Waals surface area contributed by atoms with E-state index in [0.29, 0.717) is 11.7 Å². The number of rotatable bonds is 8. The molecule has 0 atom stereocenters. The Kier molecular flexibility index (Phi) is 7.97. The maximum Gasteiger partial charge on any atom is 0.250 e. The quantitative estimate of drug-likeness (QED) is 0.517. The molecule has 0 N–H and O–H groups in total. The lowest BCUT2D eigenvalue weighted by Crippen LogP contribution is -2.40. The highest BCUT2D eigenvalue weighted by Crippen LogP contribution is 2.31. The first-order valence-corrected chi connectivity index (χ1v) is 10.4. The fourth-order valence-electron chi connectivity index (χ4n) is 3.28. The van der Waals surface area contributed by atoms with E-state index in [0.717, 1.165) is 55.2 Å². The van der Waals surface area contributed by atoms with Gasteiger partial charge >= 0.3 is 0 Å². The van der Waals surface area contributed by atoms with Gasteiger partial charge in [0.05, 0.1) is 30.5 Å². The van der Waals surface area contributed by atoms with E-state index < -0.39 is 0 Å². The minimum atomic E-state index is -0.0523. The molecule has 0 unspecified atom stereocenters. The summed E-state index contributed by atoms with van der Waals surface area (Å²) in [7, 11) is 1.63. The summed E-state index contributed by atoms with van der Waals surface area (Å²) in [5.41, 5.74) is 0.830. The number of hydrogen-bond donors (Lipinski definition) is 0. The van der Waals surface area contributed by atoms with Crippen LogP contribution in [0, 0.1) is 0 Å². The van der Waals surface area contributed by atoms with Crippen LogP contribution in [0.2, 0.25) is 0 Å². The van der Waals surface area contributed by atoms with Crippen molar-refractivity contribution in [3.63, 3.8) is 0 Å². The van der Waals surface area contributed by atoms with Gasteiger partial charge in [-0.2, -0.15) is 5.10 Å². The van der Waals surface area contributed by atoms with Crippen molar-refractivity contribution in [3.8, 4) is 5.75 Å². The fourth-order valence-corrected chi connectivity index (χ4v) is 4.27. The molecule has 1 amide bonds. The summed E-state index contributed by atoms with van der Waals surface area (Å²) in [6.07, 6.45) is 3.84. The van der Waals surface area contributed by atoms with Gasteiger partial charge in [-0.25, -0.2) is 14.6 Å². The molecule has 9 nitrogen and oxygen atoms in total. The van der Waals surface area contributed by atoms with Crippen LogP contribution in [0.25, 0.3) is 10.2 Å². The number of anilines is 1. The molecule has 1 saturated heterocycles. The lowest BCUT2D eigenvalue weighted by Gasteiger charge is -2.27. The third kappa shape index (κ3) is 5.45. The summed E-state index contributed by atoms with van der Waals surface area (Å²) in [4.78, 5) is 25.8. The topological polar surface area (TPSA) is 85.6 Å². The van der Waals surface area contributed by atoms with Gasteiger partial charge in [-0.1, -0.05) is 11.3 Å². The third-order valence-corrected chi connectivity index (χ3v) is 5.90. The molecule has 4 rings (SSSR count). The number of carbonyl (C=O) groups excluding carboxylic acids is 1. The van der Waals surface area contributed by atoms with Crippen molar-refractivity contribution >= 4 is 45.0 Å². The molecule has 162 valence electrons. The van der Waals surface area contributed by atoms with Gasteiger partial charge in [0, 0.05) is 32.2 Å². The van der Waals surface area contributed by atoms with Crippen LogP contribution in [-0.4, -0.2) is 77.1 Å². The van der Waals surface area contributed by atoms with Crippen molar-refractivity contribution in [1.82, 2.24) is 24.6 Å². The van der Waals surface area contributed by atoms with Crippen LogP contribution in [0.5, 0.6) is 5.75 Å². The Balaban J connectivity index is 0.00000256. The van der Waals surface area contributed by atoms with E-state index in [1.54, 1.807) is 18.3 Å². The van der Waals surface area contributed by atoms with Crippen molar-refractivity contribution in [2.24, 2.45) is 0 Å². The number of thiazole rings is 1. The van der Waals surface area contributed by atoms with Gasteiger partial charge in [0.1, 0.15) is 24.9 Å². The highest BCUT2D eigenvalue weighted by molar-refractivity contribution is 7.22. The van der Waals surface area contributed by atoms with E-state index in [2.05, 4.69) is 15.0 Å². The van der Waals surface area contributed by atoms with Crippen LogP contribution < -0.4 is 9.64 Å². The number of carbonyl (C=O) groups is 1. The summed E-state index contributed by atoms with van der Waals surface area (Å²) < 4.78 is 13.3. The van der Waals surface area contributed by atoms with Crippen LogP contribution in [0.1, 0.15) is 6.42 Å². The zero-order chi connectivity index (χ0) is 20.1. The molecule has 0 aliphatic carbocycles. The first-order valence-electron chi connectivity index (χ1n) is 9.60. The molecule has 11 heteroatoms. The monoisotopic (exact) mass is 452 g/mol. The molecule has 0 radical (unpaired) electrons. The number of aromatic nitrogens is 4. The van der Waals surface area contributed by atoms with Crippen molar-refractivity contribution in [1.29, 1.82) is 0 Å². The standard InChI is InChI=1S/C19H24N6O3S.ClH/c1-27-15-3-4-17-16(11-15)22-19(29-17)25(18(26)12-24-14-20-13-21-24)6-2-5-23-7-9-28-10-8-23;/h3-4,11,13-14H,2,5-10,12H2,1H3;1H. The second-order valence-electron chi connectivity index (χ2n) is 6.78. The highest BCUT2D eigenvalue weighted by Gasteiger charge is 2.21. The van der Waals surface area contributed by atoms with Crippen molar-refractivity contribution in [3.05, 3.63) is 30.9 Å². The lowest BCUT2D eigenvalue weighted by molar-refractivity contribution is -0.119. The number of benzene rings is 1. The molecule has 0 spiro atoms. The Bertz CT molecular complexity index is 945. The van der Waals surface area contributed by atoms with E-state index >= 15 is 0 Å². The number of morpholine rings is 1. The molecule has 1 fully saturated rings. The van der Waals surface area contributed by atoms with Gasteiger partial charge in [-0.05, 0) is 18.6 Å². The molecule has 0 bridgehead atoms. The first kappa shape index (κ1) is 22.4. The van der Waals surface area contributed by atoms with Crippen molar-refractivity contribution in [2.75, 3.05) is 51.4 Å². The van der Waals surface area contributed by atoms with Crippen LogP contribution in [0.3, 0.4) is 0 Å². The van der Waals surface area contributed by atoms with E-state index in [-0.39, 0.29) is 24.9 Å². The predicted molar refractivity (Wildman–Crippen MR) is 118 cm³/mol. The van der Waals surface area contributed by atoms with Gasteiger partial charge in [0.15, 0.2) is 5.13 Å². The average Bonchev–Trinajstić information content (AvgIpc) is 3.40. The normalized spacial score (nSPS) is 14.4. The molecule has 30 heavy (non-hydrogen) atoms. The molecular weight excluding hydrogens is 428 g/mol. The van der Waals surface area contributed by atoms with Crippen LogP contribution in [-0.2, 0) is 16.1 Å². The Morgan fingerprint density at radius 2 is 2.17 bits per heavy atom. The number of fused-ring (bicyclic) bond motifs is 1. The Morgan fingerprint density at radius 3 is 2.90 bits per heavy atom. The van der Waals surface area contributed by atoms with Gasteiger partial charge in [-0.3, -0.25) is 14.6 Å². The summed E-state index contributed by atoms with van der Waals surface area (Å²) in [6.45, 7) is 5.08. The van der Waals surface area contributed by atoms with Crippen LogP contribution >= 0.6 is 23.7 Å². The van der Waals surface area contributed by atoms with E-state index in [1.165, 1.54) is 22.3 Å². The lowest BCUT2D eigenvalue weighted by atomic mass is 10.3. The molecular formula is C19H25ClN6O3S. The molecule has 0 saturated carbocycles. The van der Waals surface area contributed by atoms with Crippen LogP contribution in [0.4, 0.5) is 5.13 Å². The number of halogens is 1. The molecule has 1 aromatic carbocycles. The molecule has 1 aliphatic rings. The largest absolute Gasteiger partial charge is 0.497 e. The second-order valence-corrected chi connectivity index (χ2v) is 7.79. The zero-order valence-electron chi connectivity index (χ0n) is 16.8. The van der Waals surface area contributed by atoms with E-state index in [4.69, 9.17) is 14.5 Å². The van der Waals surface area contributed by atoms with Gasteiger partial charge in [-0.15, -0.1) is 12.4 Å². The van der Waals surface area contributed by atoms with E-state index in [1.807, 2.05) is 18.2 Å². The highest BCUT2D eigenvalue weighted by atomic mass is 35.5. The summed E-state index contributed by atoms with van der Waals surface area (Å²) in [5.74, 6) is 0.700. The maximum atomic E-state index is 13.0. The summed E-state index contributed by atoms with van der Waals surface area (Å²) in [5, 5.41) is 4.75. The Hall–Kier alpha value is -2.27. The van der Waals surface area contributed by atoms with Crippen LogP contribution in [0.15, 0.2) is 30.9 Å². The number of nitrogens with zero attached hydrogens (tertiary/aromatic N) is 6. The van der Waals surface area contributed by atoms with Gasteiger partial charge < -0.3 is 9.47 Å². The minimum Gasteiger partial charge on any atom is -0.497 e. The average molecular weight is 453 g/mol. The fraction of sp³-hybridized carbons (Fsp3) is 0.474. The first-order chi connectivity index (χ1) is 14.2. The molecule has 1 aliphatic heterocycles. The Morgan fingerprint density at radius 1 is 1.33 bits per heavy atom. The van der Waals surface area contributed by atoms with Crippen molar-refractivity contribution < 1.29 is 14.3 Å². The minimum absolute atomic E-state index is 0. The second kappa shape index (κ2) is 10.7. The number of methoxy groups -OCH3 is 1. The number of hydrogen-bond acceptors (Lipinski definition) is 8. The van der Waals surface area contributed by atoms with Gasteiger partial charge in [0.2, 0.25) is 0 Å².